The predicted molar refractivity (Wildman–Crippen MR) is 114 cm³/mol. The van der Waals surface area contributed by atoms with E-state index in [0.29, 0.717) is 29.2 Å². The predicted octanol–water partition coefficient (Wildman–Crippen LogP) is 5.43. The molecule has 0 spiro atoms. The van der Waals surface area contributed by atoms with Gasteiger partial charge in [-0.2, -0.15) is 0 Å². The molecule has 160 valence electrons. The van der Waals surface area contributed by atoms with Gasteiger partial charge in [-0.25, -0.2) is 4.79 Å². The molecule has 5 rings (SSSR count). The Kier molecular flexibility index (Phi) is 4.59. The van der Waals surface area contributed by atoms with E-state index in [9.17, 15) is 9.90 Å². The molecule has 0 radical (unpaired) electrons. The minimum atomic E-state index is -0.148. The number of carbonyl (C=O) groups excluding carboxylic acids is 1. The van der Waals surface area contributed by atoms with Crippen LogP contribution >= 0.6 is 0 Å². The fraction of sp³-hybridized carbons (Fsp3) is 0.808. The standard InChI is InChI=1S/C26H38O3/c1-15-5-6-16(2)24(28)29-22-14-21-19-8-7-17-13-18(27)9-11-25(17,3)20(19)10-12-26(21,4)23(15)22/h7,15,18-23,27H,2,5-6,8-14H2,1,3-4H3/t15-,18+,19-,20+,21+,22-,23+,25+,26+/m1/s1. The largest absolute Gasteiger partial charge is 0.459 e. The molecule has 3 heteroatoms. The summed E-state index contributed by atoms with van der Waals surface area (Å²) < 4.78 is 6.09. The number of aliphatic hydroxyl groups is 1. The number of fused-ring (bicyclic) bond motifs is 7. The van der Waals surface area contributed by atoms with Crippen LogP contribution in [0.4, 0.5) is 0 Å². The molecule has 3 nitrogen and oxygen atoms in total. The minimum absolute atomic E-state index is 0.0645. The van der Waals surface area contributed by atoms with Crippen LogP contribution < -0.4 is 0 Å². The molecule has 1 heterocycles. The number of esters is 1. The Hall–Kier alpha value is -1.09. The molecule has 1 N–H and O–H groups in total. The maximum atomic E-state index is 12.5. The molecule has 9 atom stereocenters. The summed E-state index contributed by atoms with van der Waals surface area (Å²) in [6, 6.07) is 0. The number of hydrogen-bond donors (Lipinski definition) is 1. The molecule has 0 aromatic carbocycles. The Morgan fingerprint density at radius 2 is 1.97 bits per heavy atom. The normalized spacial score (nSPS) is 52.1. The lowest BCUT2D eigenvalue weighted by Crippen LogP contribution is -2.51. The third-order valence-corrected chi connectivity index (χ3v) is 10.2. The Labute approximate surface area is 176 Å². The second-order valence-corrected chi connectivity index (χ2v) is 11.5. The maximum absolute atomic E-state index is 12.5. The molecule has 0 bridgehead atoms. The van der Waals surface area contributed by atoms with E-state index in [1.807, 2.05) is 0 Å². The van der Waals surface area contributed by atoms with Crippen LogP contribution in [0.25, 0.3) is 0 Å². The van der Waals surface area contributed by atoms with Gasteiger partial charge in [0.25, 0.3) is 0 Å². The number of hydrogen-bond acceptors (Lipinski definition) is 3. The first-order valence-electron chi connectivity index (χ1n) is 12.0. The highest BCUT2D eigenvalue weighted by Crippen LogP contribution is 2.67. The summed E-state index contributed by atoms with van der Waals surface area (Å²) >= 11 is 0. The third-order valence-electron chi connectivity index (χ3n) is 10.2. The molecule has 29 heavy (non-hydrogen) atoms. The fourth-order valence-electron chi connectivity index (χ4n) is 8.71. The third kappa shape index (κ3) is 2.82. The molecule has 0 aromatic rings. The van der Waals surface area contributed by atoms with Gasteiger partial charge < -0.3 is 9.84 Å². The second-order valence-electron chi connectivity index (χ2n) is 11.5. The Morgan fingerprint density at radius 1 is 1.17 bits per heavy atom. The molecule has 4 aliphatic carbocycles. The van der Waals surface area contributed by atoms with E-state index >= 15 is 0 Å². The van der Waals surface area contributed by atoms with Crippen LogP contribution in [0.3, 0.4) is 0 Å². The molecule has 3 saturated carbocycles. The van der Waals surface area contributed by atoms with Gasteiger partial charge in [0.2, 0.25) is 0 Å². The molecule has 0 aromatic heterocycles. The molecular formula is C26H38O3. The maximum Gasteiger partial charge on any atom is 0.333 e. The average molecular weight is 399 g/mol. The first-order chi connectivity index (χ1) is 13.7. The van der Waals surface area contributed by atoms with Gasteiger partial charge >= 0.3 is 5.97 Å². The van der Waals surface area contributed by atoms with Crippen LogP contribution in [0, 0.1) is 40.4 Å². The topological polar surface area (TPSA) is 46.5 Å². The molecule has 0 unspecified atom stereocenters. The van der Waals surface area contributed by atoms with Crippen molar-refractivity contribution in [2.75, 3.05) is 0 Å². The molecular weight excluding hydrogens is 360 g/mol. The number of aliphatic hydroxyl groups excluding tert-OH is 1. The number of allylic oxidation sites excluding steroid dienone is 1. The first kappa shape index (κ1) is 19.8. The van der Waals surface area contributed by atoms with E-state index in [1.54, 1.807) is 0 Å². The highest BCUT2D eigenvalue weighted by atomic mass is 16.5. The van der Waals surface area contributed by atoms with Gasteiger partial charge in [-0.1, -0.05) is 39.0 Å². The van der Waals surface area contributed by atoms with Crippen molar-refractivity contribution in [3.05, 3.63) is 23.8 Å². The molecule has 4 fully saturated rings. The van der Waals surface area contributed by atoms with Crippen LogP contribution in [0.2, 0.25) is 0 Å². The van der Waals surface area contributed by atoms with Crippen molar-refractivity contribution in [2.45, 2.75) is 90.8 Å². The minimum Gasteiger partial charge on any atom is -0.459 e. The van der Waals surface area contributed by atoms with Crippen molar-refractivity contribution in [3.63, 3.8) is 0 Å². The van der Waals surface area contributed by atoms with Gasteiger partial charge in [0, 0.05) is 11.5 Å². The summed E-state index contributed by atoms with van der Waals surface area (Å²) in [5.41, 5.74) is 2.73. The quantitative estimate of drug-likeness (QED) is 0.336. The first-order valence-corrected chi connectivity index (χ1v) is 12.0. The highest BCUT2D eigenvalue weighted by molar-refractivity contribution is 5.87. The van der Waals surface area contributed by atoms with Crippen LogP contribution in [0.1, 0.15) is 78.6 Å². The van der Waals surface area contributed by atoms with Gasteiger partial charge in [0.15, 0.2) is 0 Å². The van der Waals surface area contributed by atoms with Gasteiger partial charge in [0.1, 0.15) is 6.10 Å². The molecule has 1 saturated heterocycles. The van der Waals surface area contributed by atoms with Gasteiger partial charge in [-0.15, -0.1) is 0 Å². The lowest BCUT2D eigenvalue weighted by molar-refractivity contribution is -0.150. The fourth-order valence-corrected chi connectivity index (χ4v) is 8.71. The summed E-state index contributed by atoms with van der Waals surface area (Å²) in [4.78, 5) is 12.5. The van der Waals surface area contributed by atoms with Gasteiger partial charge in [-0.3, -0.25) is 0 Å². The Balaban J connectivity index is 1.48. The van der Waals surface area contributed by atoms with Gasteiger partial charge in [-0.05, 0) is 92.3 Å². The lowest BCUT2D eigenvalue weighted by Gasteiger charge is -2.58. The Bertz CT molecular complexity index is 753. The van der Waals surface area contributed by atoms with Crippen LogP contribution in [-0.2, 0) is 9.53 Å². The van der Waals surface area contributed by atoms with Crippen molar-refractivity contribution >= 4 is 5.97 Å². The molecule has 0 amide bonds. The Morgan fingerprint density at radius 3 is 2.76 bits per heavy atom. The van der Waals surface area contributed by atoms with Crippen molar-refractivity contribution in [1.82, 2.24) is 0 Å². The average Bonchev–Trinajstić information content (AvgIpc) is 2.97. The molecule has 5 aliphatic rings. The second kappa shape index (κ2) is 6.70. The van der Waals surface area contributed by atoms with Crippen molar-refractivity contribution < 1.29 is 14.6 Å². The zero-order chi connectivity index (χ0) is 20.6. The van der Waals surface area contributed by atoms with E-state index in [2.05, 4.69) is 33.4 Å². The van der Waals surface area contributed by atoms with Crippen molar-refractivity contribution in [1.29, 1.82) is 0 Å². The lowest BCUT2D eigenvalue weighted by atomic mass is 9.47. The summed E-state index contributed by atoms with van der Waals surface area (Å²) in [6.07, 6.45) is 11.9. The number of rotatable bonds is 0. The van der Waals surface area contributed by atoms with Crippen LogP contribution in [0.15, 0.2) is 23.8 Å². The van der Waals surface area contributed by atoms with Crippen LogP contribution in [-0.4, -0.2) is 23.3 Å². The molecule has 1 aliphatic heterocycles. The zero-order valence-electron chi connectivity index (χ0n) is 18.5. The van der Waals surface area contributed by atoms with E-state index in [-0.39, 0.29) is 29.0 Å². The van der Waals surface area contributed by atoms with Crippen molar-refractivity contribution in [2.24, 2.45) is 40.4 Å². The van der Waals surface area contributed by atoms with E-state index in [1.165, 1.54) is 18.4 Å². The summed E-state index contributed by atoms with van der Waals surface area (Å²) in [7, 11) is 0. The summed E-state index contributed by atoms with van der Waals surface area (Å²) in [5, 5.41) is 10.2. The van der Waals surface area contributed by atoms with Crippen LogP contribution in [0.5, 0.6) is 0 Å². The smallest absolute Gasteiger partial charge is 0.333 e. The van der Waals surface area contributed by atoms with E-state index < -0.39 is 0 Å². The SMILES string of the molecule is C=C1CC[C@@H](C)[C@H]2[C@@H](C[C@H]3[C@@H]4CC=C5C[C@@H](O)CC[C@]5(C)[C@H]4CC[C@]23C)OC1=O. The number of carbonyl (C=O) groups is 1. The zero-order valence-corrected chi connectivity index (χ0v) is 18.5. The van der Waals surface area contributed by atoms with Crippen molar-refractivity contribution in [3.8, 4) is 0 Å². The van der Waals surface area contributed by atoms with Gasteiger partial charge in [0.05, 0.1) is 6.10 Å². The summed E-state index contributed by atoms with van der Waals surface area (Å²) in [5.74, 6) is 2.96. The van der Waals surface area contributed by atoms with E-state index in [0.717, 1.165) is 50.9 Å². The highest BCUT2D eigenvalue weighted by Gasteiger charge is 2.62. The monoisotopic (exact) mass is 398 g/mol. The summed E-state index contributed by atoms with van der Waals surface area (Å²) in [6.45, 7) is 11.4. The van der Waals surface area contributed by atoms with E-state index in [4.69, 9.17) is 4.74 Å². The number of ether oxygens (including phenoxy) is 1.